The predicted octanol–water partition coefficient (Wildman–Crippen LogP) is 3.74. The largest absolute Gasteiger partial charge is 0.289 e. The van der Waals surface area contributed by atoms with Crippen molar-refractivity contribution in [2.45, 2.75) is 0 Å². The maximum Gasteiger partial charge on any atom is 0.278 e. The first kappa shape index (κ1) is 14.3. The van der Waals surface area contributed by atoms with Crippen molar-refractivity contribution < 1.29 is 4.79 Å². The van der Waals surface area contributed by atoms with Gasteiger partial charge in [-0.3, -0.25) is 10.1 Å². The number of hydrogen-bond acceptors (Lipinski definition) is 4. The van der Waals surface area contributed by atoms with Crippen molar-refractivity contribution in [3.63, 3.8) is 0 Å². The van der Waals surface area contributed by atoms with Crippen LogP contribution in [0.2, 0.25) is 20.5 Å². The third-order valence-corrected chi connectivity index (χ3v) is 2.82. The third-order valence-electron chi connectivity index (χ3n) is 1.92. The van der Waals surface area contributed by atoms with Gasteiger partial charge in [-0.2, -0.15) is 0 Å². The van der Waals surface area contributed by atoms with Gasteiger partial charge in [0.25, 0.3) is 5.91 Å². The molecule has 0 aliphatic carbocycles. The van der Waals surface area contributed by atoms with Crippen LogP contribution in [0.5, 0.6) is 0 Å². The van der Waals surface area contributed by atoms with Crippen LogP contribution >= 0.6 is 46.4 Å². The minimum atomic E-state index is -0.620. The second-order valence-corrected chi connectivity index (χ2v) is 4.82. The van der Waals surface area contributed by atoms with Gasteiger partial charge < -0.3 is 0 Å². The van der Waals surface area contributed by atoms with Crippen molar-refractivity contribution in [1.29, 1.82) is 0 Å². The lowest BCUT2D eigenvalue weighted by atomic mass is 10.3. The topological polar surface area (TPSA) is 67.8 Å². The van der Waals surface area contributed by atoms with Crippen LogP contribution in [0.4, 0.5) is 5.95 Å². The highest BCUT2D eigenvalue weighted by Crippen LogP contribution is 2.19. The number of nitrogens with one attached hydrogen (secondary N) is 1. The van der Waals surface area contributed by atoms with Crippen LogP contribution in [0.1, 0.15) is 10.5 Å². The molecule has 0 unspecified atom stereocenters. The normalized spacial score (nSPS) is 10.3. The molecule has 0 spiro atoms. The van der Waals surface area contributed by atoms with Crippen molar-refractivity contribution in [2.75, 3.05) is 5.32 Å². The Morgan fingerprint density at radius 3 is 2.21 bits per heavy atom. The van der Waals surface area contributed by atoms with Crippen molar-refractivity contribution in [3.8, 4) is 0 Å². The lowest BCUT2D eigenvalue weighted by Gasteiger charge is -2.05. The Morgan fingerprint density at radius 2 is 1.58 bits per heavy atom. The summed E-state index contributed by atoms with van der Waals surface area (Å²) in [5.41, 5.74) is -0.0473. The molecule has 1 amide bonds. The van der Waals surface area contributed by atoms with Gasteiger partial charge in [0.05, 0.1) is 5.02 Å². The van der Waals surface area contributed by atoms with E-state index in [1.165, 1.54) is 18.2 Å². The Hall–Kier alpha value is -1.14. The molecule has 0 aromatic carbocycles. The number of halogens is 4. The van der Waals surface area contributed by atoms with Gasteiger partial charge in [0.15, 0.2) is 0 Å². The number of carbonyl (C=O) groups excluding carboxylic acids is 1. The van der Waals surface area contributed by atoms with Crippen molar-refractivity contribution in [2.24, 2.45) is 0 Å². The minimum absolute atomic E-state index is 0.0473. The fraction of sp³-hybridized carbons (Fsp3) is 0. The zero-order valence-corrected chi connectivity index (χ0v) is 12.0. The van der Waals surface area contributed by atoms with Crippen LogP contribution in [0.3, 0.4) is 0 Å². The molecule has 0 atom stereocenters. The quantitative estimate of drug-likeness (QED) is 0.669. The first-order valence-electron chi connectivity index (χ1n) is 4.79. The second-order valence-electron chi connectivity index (χ2n) is 3.26. The Morgan fingerprint density at radius 1 is 0.947 bits per heavy atom. The van der Waals surface area contributed by atoms with Crippen LogP contribution in [0.25, 0.3) is 0 Å². The maximum atomic E-state index is 11.9. The number of pyridine rings is 1. The highest BCUT2D eigenvalue weighted by atomic mass is 35.5. The lowest BCUT2D eigenvalue weighted by Crippen LogP contribution is -2.16. The number of aromatic nitrogens is 3. The molecule has 2 aromatic heterocycles. The van der Waals surface area contributed by atoms with Gasteiger partial charge in [-0.25, -0.2) is 15.0 Å². The molecule has 2 aromatic rings. The smallest absolute Gasteiger partial charge is 0.278 e. The molecule has 0 fully saturated rings. The molecule has 19 heavy (non-hydrogen) atoms. The van der Waals surface area contributed by atoms with E-state index in [0.717, 1.165) is 0 Å². The number of nitrogens with zero attached hydrogens (tertiary/aromatic N) is 3. The van der Waals surface area contributed by atoms with E-state index in [9.17, 15) is 4.79 Å². The minimum Gasteiger partial charge on any atom is -0.289 e. The molecule has 2 rings (SSSR count). The van der Waals surface area contributed by atoms with Crippen molar-refractivity contribution in [3.05, 3.63) is 44.4 Å². The van der Waals surface area contributed by atoms with Gasteiger partial charge in [-0.05, 0) is 12.1 Å². The van der Waals surface area contributed by atoms with E-state index in [1.54, 1.807) is 0 Å². The van der Waals surface area contributed by atoms with Gasteiger partial charge in [0.1, 0.15) is 21.2 Å². The molecule has 0 bridgehead atoms. The van der Waals surface area contributed by atoms with Crippen LogP contribution in [0, 0.1) is 0 Å². The Labute approximate surface area is 127 Å². The summed E-state index contributed by atoms with van der Waals surface area (Å²) in [5.74, 6) is -0.675. The van der Waals surface area contributed by atoms with Gasteiger partial charge in [0, 0.05) is 6.07 Å². The van der Waals surface area contributed by atoms with E-state index >= 15 is 0 Å². The number of rotatable bonds is 2. The van der Waals surface area contributed by atoms with Crippen molar-refractivity contribution in [1.82, 2.24) is 15.0 Å². The van der Waals surface area contributed by atoms with Crippen molar-refractivity contribution >= 4 is 58.3 Å². The first-order valence-corrected chi connectivity index (χ1v) is 6.30. The summed E-state index contributed by atoms with van der Waals surface area (Å²) in [6.07, 6.45) is 0. The predicted molar refractivity (Wildman–Crippen MR) is 74.3 cm³/mol. The molecule has 1 N–H and O–H groups in total. The van der Waals surface area contributed by atoms with Gasteiger partial charge in [-0.1, -0.05) is 46.4 Å². The lowest BCUT2D eigenvalue weighted by molar-refractivity contribution is 0.102. The molecule has 0 aliphatic rings. The van der Waals surface area contributed by atoms with Crippen LogP contribution in [-0.2, 0) is 0 Å². The van der Waals surface area contributed by atoms with Crippen LogP contribution in [-0.4, -0.2) is 20.9 Å². The Bertz CT molecular complexity index is 629. The number of amides is 1. The number of anilines is 1. The zero-order valence-electron chi connectivity index (χ0n) is 8.99. The molecular formula is C10H4Cl4N4O. The van der Waals surface area contributed by atoms with E-state index in [4.69, 9.17) is 46.4 Å². The highest BCUT2D eigenvalue weighted by molar-refractivity contribution is 6.35. The maximum absolute atomic E-state index is 11.9. The molecule has 2 heterocycles. The van der Waals surface area contributed by atoms with Gasteiger partial charge in [-0.15, -0.1) is 0 Å². The summed E-state index contributed by atoms with van der Waals surface area (Å²) in [6.45, 7) is 0. The summed E-state index contributed by atoms with van der Waals surface area (Å²) < 4.78 is 0. The summed E-state index contributed by atoms with van der Waals surface area (Å²) in [4.78, 5) is 23.3. The summed E-state index contributed by atoms with van der Waals surface area (Å²) in [6, 6.07) is 4.26. The molecule has 0 saturated carbocycles. The van der Waals surface area contributed by atoms with Crippen LogP contribution < -0.4 is 5.32 Å². The molecule has 5 nitrogen and oxygen atoms in total. The van der Waals surface area contributed by atoms with Crippen LogP contribution in [0.15, 0.2) is 18.2 Å². The zero-order chi connectivity index (χ0) is 14.0. The highest BCUT2D eigenvalue weighted by Gasteiger charge is 2.15. The third kappa shape index (κ3) is 3.67. The van der Waals surface area contributed by atoms with Gasteiger partial charge in [0.2, 0.25) is 5.95 Å². The van der Waals surface area contributed by atoms with E-state index in [2.05, 4.69) is 20.3 Å². The summed E-state index contributed by atoms with van der Waals surface area (Å²) in [5, 5.41) is 2.85. The molecule has 0 aliphatic heterocycles. The monoisotopic (exact) mass is 336 g/mol. The summed E-state index contributed by atoms with van der Waals surface area (Å²) >= 11 is 22.9. The first-order chi connectivity index (χ1) is 8.95. The second kappa shape index (κ2) is 5.88. The molecule has 0 saturated heterocycles. The molecular weight excluding hydrogens is 334 g/mol. The fourth-order valence-electron chi connectivity index (χ4n) is 1.18. The Balaban J connectivity index is 2.28. The molecule has 0 radical (unpaired) electrons. The summed E-state index contributed by atoms with van der Waals surface area (Å²) in [7, 11) is 0. The number of carbonyl (C=O) groups is 1. The average molecular weight is 338 g/mol. The molecule has 98 valence electrons. The Kier molecular flexibility index (Phi) is 4.42. The fourth-order valence-corrected chi connectivity index (χ4v) is 1.95. The van der Waals surface area contributed by atoms with E-state index in [-0.39, 0.29) is 32.1 Å². The standard InChI is InChI=1S/C10H4Cl4N4O/c11-4-1-2-5(12)15-8(4)9(19)18-10-16-6(13)3-7(14)17-10/h1-3H,(H,16,17,18,19). The van der Waals surface area contributed by atoms with E-state index in [0.29, 0.717) is 0 Å². The molecule has 9 heteroatoms. The van der Waals surface area contributed by atoms with Gasteiger partial charge >= 0.3 is 0 Å². The van der Waals surface area contributed by atoms with E-state index < -0.39 is 5.91 Å². The number of hydrogen-bond donors (Lipinski definition) is 1. The average Bonchev–Trinajstić information content (AvgIpc) is 2.30. The SMILES string of the molecule is O=C(Nc1nc(Cl)cc(Cl)n1)c1nc(Cl)ccc1Cl. The van der Waals surface area contributed by atoms with E-state index in [1.807, 2.05) is 0 Å².